The number of carbonyl (C=O) groups is 2. The van der Waals surface area contributed by atoms with Crippen LogP contribution in [0.1, 0.15) is 26.9 Å². The summed E-state index contributed by atoms with van der Waals surface area (Å²) in [6.45, 7) is 1.52. The third kappa shape index (κ3) is 2.89. The van der Waals surface area contributed by atoms with Crippen LogP contribution in [0.15, 0.2) is 16.7 Å². The predicted molar refractivity (Wildman–Crippen MR) is 70.4 cm³/mol. The van der Waals surface area contributed by atoms with Gasteiger partial charge in [-0.05, 0) is 12.1 Å². The van der Waals surface area contributed by atoms with Crippen LogP contribution in [0.25, 0.3) is 0 Å². The second-order valence-electron chi connectivity index (χ2n) is 3.71. The Hall–Kier alpha value is -2.12. The monoisotopic (exact) mass is 315 g/mol. The molecule has 1 aromatic heterocycles. The van der Waals surface area contributed by atoms with Crippen molar-refractivity contribution in [2.24, 2.45) is 0 Å². The highest BCUT2D eigenvalue weighted by atomic mass is 35.5. The lowest BCUT2D eigenvalue weighted by atomic mass is 10.1. The highest BCUT2D eigenvalue weighted by molar-refractivity contribution is 6.38. The molecule has 0 aliphatic rings. The first-order chi connectivity index (χ1) is 9.38. The van der Waals surface area contributed by atoms with Crippen LogP contribution in [0.5, 0.6) is 0 Å². The lowest BCUT2D eigenvalue weighted by Crippen LogP contribution is -2.16. The summed E-state index contributed by atoms with van der Waals surface area (Å²) in [6, 6.07) is 2.49. The molecule has 1 heterocycles. The summed E-state index contributed by atoms with van der Waals surface area (Å²) in [5.74, 6) is -2.05. The van der Waals surface area contributed by atoms with Crippen molar-refractivity contribution in [2.75, 3.05) is 5.32 Å². The number of nitrogens with zero attached hydrogens (tertiary/aromatic N) is 2. The van der Waals surface area contributed by atoms with Crippen LogP contribution in [0, 0.1) is 6.92 Å². The van der Waals surface area contributed by atoms with Gasteiger partial charge in [0.1, 0.15) is 0 Å². The summed E-state index contributed by atoms with van der Waals surface area (Å²) in [6.07, 6.45) is 0. The van der Waals surface area contributed by atoms with E-state index in [1.165, 1.54) is 19.1 Å². The Bertz CT molecular complexity index is 699. The average Bonchev–Trinajstić information content (AvgIpc) is 2.78. The van der Waals surface area contributed by atoms with Gasteiger partial charge < -0.3 is 14.9 Å². The molecule has 2 N–H and O–H groups in total. The van der Waals surface area contributed by atoms with Crippen molar-refractivity contribution in [1.29, 1.82) is 0 Å². The Labute approximate surface area is 122 Å². The molecule has 9 heteroatoms. The van der Waals surface area contributed by atoms with Gasteiger partial charge in [-0.1, -0.05) is 28.4 Å². The van der Waals surface area contributed by atoms with Gasteiger partial charge in [0, 0.05) is 11.9 Å². The van der Waals surface area contributed by atoms with E-state index < -0.39 is 11.9 Å². The van der Waals surface area contributed by atoms with E-state index in [-0.39, 0.29) is 33.0 Å². The number of nitrogens with one attached hydrogen (secondary N) is 1. The molecule has 0 radical (unpaired) electrons. The van der Waals surface area contributed by atoms with E-state index in [0.29, 0.717) is 0 Å². The van der Waals surface area contributed by atoms with Crippen LogP contribution in [0.3, 0.4) is 0 Å². The minimum atomic E-state index is -1.28. The zero-order valence-corrected chi connectivity index (χ0v) is 11.5. The predicted octanol–water partition coefficient (Wildman–Crippen LogP) is 2.64. The fourth-order valence-corrected chi connectivity index (χ4v) is 1.97. The summed E-state index contributed by atoms with van der Waals surface area (Å²) in [5, 5.41) is 15.0. The number of carbonyl (C=O) groups excluding carboxylic acids is 1. The first-order valence-corrected chi connectivity index (χ1v) is 5.98. The number of anilines is 1. The Balaban J connectivity index is 2.38. The molecule has 2 aromatic rings. The van der Waals surface area contributed by atoms with Crippen LogP contribution in [-0.2, 0) is 0 Å². The number of hydrogen-bond acceptors (Lipinski definition) is 5. The second-order valence-corrected chi connectivity index (χ2v) is 4.55. The maximum absolute atomic E-state index is 11.9. The lowest BCUT2D eigenvalue weighted by molar-refractivity contribution is 0.0698. The van der Waals surface area contributed by atoms with Gasteiger partial charge in [0.2, 0.25) is 5.89 Å². The molecule has 0 aliphatic carbocycles. The van der Waals surface area contributed by atoms with Gasteiger partial charge in [0.25, 0.3) is 11.7 Å². The van der Waals surface area contributed by atoms with Crippen LogP contribution in [0.4, 0.5) is 5.69 Å². The quantitative estimate of drug-likeness (QED) is 0.902. The molecular formula is C11H7Cl2N3O4. The van der Waals surface area contributed by atoms with Crippen LogP contribution in [0.2, 0.25) is 10.0 Å². The van der Waals surface area contributed by atoms with Crippen LogP contribution < -0.4 is 5.32 Å². The fraction of sp³-hybridized carbons (Fsp3) is 0.0909. The number of halogens is 2. The van der Waals surface area contributed by atoms with Crippen molar-refractivity contribution in [3.05, 3.63) is 39.5 Å². The van der Waals surface area contributed by atoms with E-state index in [9.17, 15) is 9.59 Å². The maximum Gasteiger partial charge on any atom is 0.337 e. The van der Waals surface area contributed by atoms with E-state index in [2.05, 4.69) is 20.0 Å². The molecule has 20 heavy (non-hydrogen) atoms. The van der Waals surface area contributed by atoms with Gasteiger partial charge in [-0.2, -0.15) is 4.98 Å². The number of amides is 1. The first kappa shape index (κ1) is 14.3. The van der Waals surface area contributed by atoms with E-state index >= 15 is 0 Å². The standard InChI is InChI=1S/C11H7Cl2N3O4/c1-4-14-9(16-20-4)10(17)15-8-6(11(18)19)2-5(12)3-7(8)13/h2-3H,1H3,(H,15,17)(H,18,19). The largest absolute Gasteiger partial charge is 0.478 e. The number of aromatic carboxylic acids is 1. The zero-order chi connectivity index (χ0) is 14.9. The number of aryl methyl sites for hydroxylation is 1. The smallest absolute Gasteiger partial charge is 0.337 e. The molecule has 0 bridgehead atoms. The average molecular weight is 316 g/mol. The normalized spacial score (nSPS) is 10.3. The topological polar surface area (TPSA) is 105 Å². The SMILES string of the molecule is Cc1nc(C(=O)Nc2c(Cl)cc(Cl)cc2C(=O)O)no1. The van der Waals surface area contributed by atoms with Gasteiger partial charge in [0.05, 0.1) is 16.3 Å². The summed E-state index contributed by atoms with van der Waals surface area (Å²) in [4.78, 5) is 26.7. The summed E-state index contributed by atoms with van der Waals surface area (Å²) in [7, 11) is 0. The second kappa shape index (κ2) is 5.48. The van der Waals surface area contributed by atoms with Crippen LogP contribution in [-0.4, -0.2) is 27.1 Å². The number of aromatic nitrogens is 2. The molecule has 1 aromatic carbocycles. The van der Waals surface area contributed by atoms with Crippen molar-refractivity contribution < 1.29 is 19.2 Å². The number of carboxylic acid groups (broad SMARTS) is 1. The first-order valence-electron chi connectivity index (χ1n) is 5.22. The van der Waals surface area contributed by atoms with Gasteiger partial charge in [-0.25, -0.2) is 4.79 Å². The molecule has 1 amide bonds. The molecule has 0 aliphatic heterocycles. The van der Waals surface area contributed by atoms with Gasteiger partial charge in [-0.15, -0.1) is 0 Å². The van der Waals surface area contributed by atoms with E-state index in [1.807, 2.05) is 0 Å². The van der Waals surface area contributed by atoms with Crippen molar-refractivity contribution in [3.8, 4) is 0 Å². The van der Waals surface area contributed by atoms with Gasteiger partial charge in [-0.3, -0.25) is 4.79 Å². The van der Waals surface area contributed by atoms with Crippen molar-refractivity contribution in [3.63, 3.8) is 0 Å². The van der Waals surface area contributed by atoms with Crippen molar-refractivity contribution >= 4 is 40.8 Å². The Kier molecular flexibility index (Phi) is 3.91. The van der Waals surface area contributed by atoms with Crippen molar-refractivity contribution in [2.45, 2.75) is 6.92 Å². The van der Waals surface area contributed by atoms with E-state index in [1.54, 1.807) is 0 Å². The molecule has 0 fully saturated rings. The Morgan fingerprint density at radius 2 is 2.05 bits per heavy atom. The number of hydrogen-bond donors (Lipinski definition) is 2. The molecule has 0 unspecified atom stereocenters. The highest BCUT2D eigenvalue weighted by Gasteiger charge is 2.20. The maximum atomic E-state index is 11.9. The third-order valence-electron chi connectivity index (χ3n) is 2.25. The molecule has 7 nitrogen and oxygen atoms in total. The molecule has 0 spiro atoms. The number of carboxylic acids is 1. The van der Waals surface area contributed by atoms with Crippen molar-refractivity contribution in [1.82, 2.24) is 10.1 Å². The minimum absolute atomic E-state index is 0.0107. The molecule has 0 saturated carbocycles. The Morgan fingerprint density at radius 3 is 2.60 bits per heavy atom. The fourth-order valence-electron chi connectivity index (χ4n) is 1.43. The molecule has 0 atom stereocenters. The lowest BCUT2D eigenvalue weighted by Gasteiger charge is -2.09. The highest BCUT2D eigenvalue weighted by Crippen LogP contribution is 2.30. The number of rotatable bonds is 3. The molecule has 104 valence electrons. The molecular weight excluding hydrogens is 309 g/mol. The van der Waals surface area contributed by atoms with Gasteiger partial charge >= 0.3 is 5.97 Å². The van der Waals surface area contributed by atoms with Gasteiger partial charge in [0.15, 0.2) is 0 Å². The zero-order valence-electron chi connectivity index (χ0n) is 9.98. The molecule has 2 rings (SSSR count). The summed E-state index contributed by atoms with van der Waals surface area (Å²) in [5.41, 5.74) is -0.327. The van der Waals surface area contributed by atoms with E-state index in [0.717, 1.165) is 0 Å². The third-order valence-corrected chi connectivity index (χ3v) is 2.77. The number of benzene rings is 1. The molecule has 0 saturated heterocycles. The summed E-state index contributed by atoms with van der Waals surface area (Å²) >= 11 is 11.6. The van der Waals surface area contributed by atoms with E-state index in [4.69, 9.17) is 28.3 Å². The van der Waals surface area contributed by atoms with Crippen LogP contribution >= 0.6 is 23.2 Å². The minimum Gasteiger partial charge on any atom is -0.478 e. The summed E-state index contributed by atoms with van der Waals surface area (Å²) < 4.78 is 4.66. The Morgan fingerprint density at radius 1 is 1.35 bits per heavy atom.